The van der Waals surface area contributed by atoms with Gasteiger partial charge in [-0.25, -0.2) is 4.79 Å². The highest BCUT2D eigenvalue weighted by atomic mass is 16.5. The molecule has 1 aromatic carbocycles. The summed E-state index contributed by atoms with van der Waals surface area (Å²) in [4.78, 5) is 25.6. The van der Waals surface area contributed by atoms with Crippen LogP contribution >= 0.6 is 0 Å². The molecule has 22 heavy (non-hydrogen) atoms. The minimum absolute atomic E-state index is 0.0850. The van der Waals surface area contributed by atoms with Crippen LogP contribution in [0.3, 0.4) is 0 Å². The van der Waals surface area contributed by atoms with Crippen molar-refractivity contribution in [2.24, 2.45) is 5.92 Å². The lowest BCUT2D eigenvalue weighted by Gasteiger charge is -2.33. The number of hydrogen-bond donors (Lipinski definition) is 1. The highest BCUT2D eigenvalue weighted by Crippen LogP contribution is 2.31. The normalized spacial score (nSPS) is 22.4. The summed E-state index contributed by atoms with van der Waals surface area (Å²) in [5.74, 6) is -0.473. The Bertz CT molecular complexity index is 554. The molecule has 1 saturated heterocycles. The zero-order valence-corrected chi connectivity index (χ0v) is 13.3. The second-order valence-corrected chi connectivity index (χ2v) is 6.13. The zero-order chi connectivity index (χ0) is 16.3. The van der Waals surface area contributed by atoms with E-state index in [-0.39, 0.29) is 11.8 Å². The van der Waals surface area contributed by atoms with Crippen LogP contribution in [0.15, 0.2) is 24.3 Å². The molecule has 0 aromatic heterocycles. The Morgan fingerprint density at radius 1 is 1.36 bits per heavy atom. The lowest BCUT2D eigenvalue weighted by atomic mass is 9.95. The minimum Gasteiger partial charge on any atom is -0.497 e. The van der Waals surface area contributed by atoms with Crippen LogP contribution in [0.4, 0.5) is 0 Å². The third kappa shape index (κ3) is 3.08. The topological polar surface area (TPSA) is 66.8 Å². The number of rotatable bonds is 5. The molecule has 2 unspecified atom stereocenters. The fourth-order valence-corrected chi connectivity index (χ4v) is 3.01. The number of nitrogens with zero attached hydrogens (tertiary/aromatic N) is 1. The lowest BCUT2D eigenvalue weighted by molar-refractivity contribution is -0.156. The van der Waals surface area contributed by atoms with Crippen LogP contribution in [-0.4, -0.2) is 41.1 Å². The Balaban J connectivity index is 2.06. The summed E-state index contributed by atoms with van der Waals surface area (Å²) in [6.45, 7) is 4.02. The van der Waals surface area contributed by atoms with Crippen LogP contribution in [0.5, 0.6) is 5.75 Å². The first-order valence-corrected chi connectivity index (χ1v) is 7.56. The number of ether oxygens (including phenoxy) is 1. The molecule has 2 atom stereocenters. The molecule has 1 aliphatic heterocycles. The van der Waals surface area contributed by atoms with Crippen LogP contribution in [-0.2, 0) is 16.0 Å². The fraction of sp³-hybridized carbons (Fsp3) is 0.529. The van der Waals surface area contributed by atoms with Crippen molar-refractivity contribution in [2.45, 2.75) is 38.6 Å². The van der Waals surface area contributed by atoms with Gasteiger partial charge < -0.3 is 14.7 Å². The van der Waals surface area contributed by atoms with Crippen molar-refractivity contribution in [3.05, 3.63) is 29.8 Å². The van der Waals surface area contributed by atoms with Gasteiger partial charge in [-0.1, -0.05) is 19.1 Å². The predicted octanol–water partition coefficient (Wildman–Crippen LogP) is 2.34. The predicted molar refractivity (Wildman–Crippen MR) is 82.8 cm³/mol. The molecule has 1 aliphatic rings. The molecule has 120 valence electrons. The molecule has 0 bridgehead atoms. The number of carbonyl (C=O) groups excluding carboxylic acids is 1. The van der Waals surface area contributed by atoms with Gasteiger partial charge in [-0.2, -0.15) is 0 Å². The summed E-state index contributed by atoms with van der Waals surface area (Å²) >= 11 is 0. The first-order valence-electron chi connectivity index (χ1n) is 7.56. The lowest BCUT2D eigenvalue weighted by Crippen LogP contribution is -2.52. The van der Waals surface area contributed by atoms with Crippen LogP contribution in [0.1, 0.15) is 32.3 Å². The van der Waals surface area contributed by atoms with Gasteiger partial charge in [0.2, 0.25) is 5.91 Å². The SMILES string of the molecule is COc1ccc(CC(C)C(=O)N2CCCC2(C)C(=O)O)cc1. The summed E-state index contributed by atoms with van der Waals surface area (Å²) in [5.41, 5.74) is -0.0245. The number of carbonyl (C=O) groups is 2. The molecule has 2 rings (SSSR count). The molecular weight excluding hydrogens is 282 g/mol. The highest BCUT2D eigenvalue weighted by molar-refractivity contribution is 5.88. The van der Waals surface area contributed by atoms with Crippen LogP contribution in [0.25, 0.3) is 0 Å². The smallest absolute Gasteiger partial charge is 0.329 e. The Kier molecular flexibility index (Phi) is 4.74. The van der Waals surface area contributed by atoms with E-state index in [1.165, 1.54) is 4.90 Å². The number of hydrogen-bond acceptors (Lipinski definition) is 3. The van der Waals surface area contributed by atoms with Crippen molar-refractivity contribution in [3.63, 3.8) is 0 Å². The van der Waals surface area contributed by atoms with Crippen molar-refractivity contribution < 1.29 is 19.4 Å². The van der Waals surface area contributed by atoms with E-state index < -0.39 is 11.5 Å². The van der Waals surface area contributed by atoms with Crippen molar-refractivity contribution in [1.82, 2.24) is 4.90 Å². The largest absolute Gasteiger partial charge is 0.497 e. The zero-order valence-electron chi connectivity index (χ0n) is 13.3. The van der Waals surface area contributed by atoms with Gasteiger partial charge in [0.1, 0.15) is 11.3 Å². The van der Waals surface area contributed by atoms with Gasteiger partial charge in [-0.15, -0.1) is 0 Å². The molecule has 5 nitrogen and oxygen atoms in total. The second kappa shape index (κ2) is 6.38. The third-order valence-electron chi connectivity index (χ3n) is 4.49. The van der Waals surface area contributed by atoms with Crippen LogP contribution in [0, 0.1) is 5.92 Å². The van der Waals surface area contributed by atoms with E-state index in [4.69, 9.17) is 4.74 Å². The maximum Gasteiger partial charge on any atom is 0.329 e. The number of methoxy groups -OCH3 is 1. The summed E-state index contributed by atoms with van der Waals surface area (Å²) < 4.78 is 5.12. The molecule has 1 N–H and O–H groups in total. The van der Waals surface area contributed by atoms with Crippen molar-refractivity contribution >= 4 is 11.9 Å². The van der Waals surface area contributed by atoms with E-state index in [0.717, 1.165) is 17.7 Å². The molecule has 1 heterocycles. The summed E-state index contributed by atoms with van der Waals surface area (Å²) in [6, 6.07) is 7.60. The molecule has 0 aliphatic carbocycles. The number of amides is 1. The van der Waals surface area contributed by atoms with Crippen LogP contribution < -0.4 is 4.74 Å². The average molecular weight is 305 g/mol. The number of carboxylic acids is 1. The second-order valence-electron chi connectivity index (χ2n) is 6.13. The van der Waals surface area contributed by atoms with Crippen LogP contribution in [0.2, 0.25) is 0 Å². The van der Waals surface area contributed by atoms with Crippen molar-refractivity contribution in [2.75, 3.05) is 13.7 Å². The van der Waals surface area contributed by atoms with Gasteiger partial charge in [0.15, 0.2) is 0 Å². The van der Waals surface area contributed by atoms with Crippen molar-refractivity contribution in [3.8, 4) is 5.75 Å². The van der Waals surface area contributed by atoms with Gasteiger partial charge in [0.25, 0.3) is 0 Å². The molecule has 0 saturated carbocycles. The van der Waals surface area contributed by atoms with Gasteiger partial charge in [-0.3, -0.25) is 4.79 Å². The maximum absolute atomic E-state index is 12.6. The molecule has 1 amide bonds. The average Bonchev–Trinajstić information content (AvgIpc) is 2.90. The van der Waals surface area contributed by atoms with E-state index in [9.17, 15) is 14.7 Å². The molecular formula is C17H23NO4. The van der Waals surface area contributed by atoms with Gasteiger partial charge in [0, 0.05) is 12.5 Å². The minimum atomic E-state index is -1.06. The fourth-order valence-electron chi connectivity index (χ4n) is 3.01. The first kappa shape index (κ1) is 16.3. The standard InChI is InChI=1S/C17H23NO4/c1-12(11-13-5-7-14(22-3)8-6-13)15(19)18-10-4-9-17(18,2)16(20)21/h5-8,12H,4,9-11H2,1-3H3,(H,20,21). The van der Waals surface area contributed by atoms with E-state index in [2.05, 4.69) is 0 Å². The quantitative estimate of drug-likeness (QED) is 0.906. The molecule has 5 heteroatoms. The van der Waals surface area contributed by atoms with E-state index in [0.29, 0.717) is 19.4 Å². The van der Waals surface area contributed by atoms with E-state index in [1.54, 1.807) is 14.0 Å². The number of benzene rings is 1. The Morgan fingerprint density at radius 2 is 2.00 bits per heavy atom. The highest BCUT2D eigenvalue weighted by Gasteiger charge is 2.46. The number of likely N-dealkylation sites (tertiary alicyclic amines) is 1. The van der Waals surface area contributed by atoms with Gasteiger partial charge in [0.05, 0.1) is 7.11 Å². The first-order chi connectivity index (χ1) is 10.4. The summed E-state index contributed by atoms with van der Waals surface area (Å²) in [7, 11) is 1.61. The van der Waals surface area contributed by atoms with E-state index in [1.807, 2.05) is 31.2 Å². The number of aliphatic carboxylic acids is 1. The Morgan fingerprint density at radius 3 is 2.55 bits per heavy atom. The monoisotopic (exact) mass is 305 g/mol. The molecule has 0 spiro atoms. The Hall–Kier alpha value is -2.04. The summed E-state index contributed by atoms with van der Waals surface area (Å²) in [5, 5.41) is 9.41. The summed E-state index contributed by atoms with van der Waals surface area (Å²) in [6.07, 6.45) is 1.85. The Labute approximate surface area is 130 Å². The molecule has 0 radical (unpaired) electrons. The van der Waals surface area contributed by atoms with Gasteiger partial charge in [-0.05, 0) is 43.9 Å². The molecule has 1 fully saturated rings. The number of carboxylic acid groups (broad SMARTS) is 1. The third-order valence-corrected chi connectivity index (χ3v) is 4.49. The molecule has 1 aromatic rings. The van der Waals surface area contributed by atoms with Gasteiger partial charge >= 0.3 is 5.97 Å². The van der Waals surface area contributed by atoms with Crippen molar-refractivity contribution in [1.29, 1.82) is 0 Å². The van der Waals surface area contributed by atoms with E-state index >= 15 is 0 Å². The maximum atomic E-state index is 12.6.